The molecule has 3 aliphatic rings. The lowest BCUT2D eigenvalue weighted by atomic mass is 9.77. The van der Waals surface area contributed by atoms with Crippen molar-refractivity contribution in [2.75, 3.05) is 24.5 Å². The summed E-state index contributed by atoms with van der Waals surface area (Å²) in [5.41, 5.74) is 0.114. The molecule has 23 heavy (non-hydrogen) atoms. The van der Waals surface area contributed by atoms with Crippen LogP contribution in [0.5, 0.6) is 0 Å². The molecule has 1 aliphatic carbocycles. The van der Waals surface area contributed by atoms with E-state index in [1.165, 1.54) is 0 Å². The first-order chi connectivity index (χ1) is 11.0. The molecule has 3 heterocycles. The number of aliphatic hydroxyl groups is 1. The van der Waals surface area contributed by atoms with Crippen molar-refractivity contribution < 1.29 is 14.7 Å². The summed E-state index contributed by atoms with van der Waals surface area (Å²) in [6.45, 7) is 2.06. The van der Waals surface area contributed by atoms with E-state index in [0.717, 1.165) is 31.4 Å². The highest BCUT2D eigenvalue weighted by molar-refractivity contribution is 7.08. The van der Waals surface area contributed by atoms with Crippen LogP contribution in [0.1, 0.15) is 38.5 Å². The van der Waals surface area contributed by atoms with E-state index in [0.29, 0.717) is 26.1 Å². The molecule has 1 spiro atoms. The number of hydrogen-bond acceptors (Lipinski definition) is 4. The fraction of sp³-hybridized carbons (Fsp3) is 0.647. The highest BCUT2D eigenvalue weighted by atomic mass is 32.1. The number of nitrogens with zero attached hydrogens (tertiary/aromatic N) is 2. The van der Waals surface area contributed by atoms with Gasteiger partial charge < -0.3 is 14.9 Å². The Morgan fingerprint density at radius 3 is 2.78 bits per heavy atom. The molecule has 1 N–H and O–H groups in total. The maximum Gasteiger partial charge on any atom is 0.227 e. The highest BCUT2D eigenvalue weighted by Crippen LogP contribution is 2.43. The SMILES string of the molecule is O=C(CC1(O)CCC1)N1CCC2(CC(=O)N(c3ccsc3)C2)C1. The number of carbonyl (C=O) groups is 2. The Morgan fingerprint density at radius 1 is 1.30 bits per heavy atom. The molecule has 0 bridgehead atoms. The van der Waals surface area contributed by atoms with Crippen LogP contribution in [0.3, 0.4) is 0 Å². The van der Waals surface area contributed by atoms with Gasteiger partial charge >= 0.3 is 0 Å². The molecule has 1 aromatic heterocycles. The van der Waals surface area contributed by atoms with E-state index < -0.39 is 5.60 Å². The van der Waals surface area contributed by atoms with Gasteiger partial charge in [0, 0.05) is 36.9 Å². The van der Waals surface area contributed by atoms with Gasteiger partial charge in [0.2, 0.25) is 11.8 Å². The number of thiophene rings is 1. The fourth-order valence-electron chi connectivity index (χ4n) is 4.12. The van der Waals surface area contributed by atoms with Gasteiger partial charge in [-0.25, -0.2) is 0 Å². The summed E-state index contributed by atoms with van der Waals surface area (Å²) in [6, 6.07) is 1.98. The first-order valence-electron chi connectivity index (χ1n) is 8.32. The van der Waals surface area contributed by atoms with Crippen LogP contribution in [0.15, 0.2) is 16.8 Å². The zero-order valence-electron chi connectivity index (χ0n) is 13.2. The van der Waals surface area contributed by atoms with Crippen LogP contribution in [-0.4, -0.2) is 47.1 Å². The minimum atomic E-state index is -0.763. The molecular weight excluding hydrogens is 312 g/mol. The van der Waals surface area contributed by atoms with Gasteiger partial charge in [-0.1, -0.05) is 0 Å². The Hall–Kier alpha value is -1.40. The predicted octanol–water partition coefficient (Wildman–Crippen LogP) is 2.01. The summed E-state index contributed by atoms with van der Waals surface area (Å²) >= 11 is 1.59. The second-order valence-corrected chi connectivity index (χ2v) is 8.24. The van der Waals surface area contributed by atoms with E-state index in [2.05, 4.69) is 0 Å². The molecule has 2 amide bonds. The van der Waals surface area contributed by atoms with Crippen LogP contribution in [0.2, 0.25) is 0 Å². The number of likely N-dealkylation sites (tertiary alicyclic amines) is 1. The van der Waals surface area contributed by atoms with Crippen LogP contribution >= 0.6 is 11.3 Å². The number of anilines is 1. The molecule has 1 unspecified atom stereocenters. The van der Waals surface area contributed by atoms with Gasteiger partial charge in [0.15, 0.2) is 0 Å². The van der Waals surface area contributed by atoms with E-state index in [9.17, 15) is 14.7 Å². The lowest BCUT2D eigenvalue weighted by molar-refractivity contribution is -0.139. The first-order valence-corrected chi connectivity index (χ1v) is 9.26. The Morgan fingerprint density at radius 2 is 2.13 bits per heavy atom. The third kappa shape index (κ3) is 2.68. The molecule has 5 nitrogen and oxygen atoms in total. The topological polar surface area (TPSA) is 60.9 Å². The number of rotatable bonds is 3. The molecule has 2 aliphatic heterocycles. The summed E-state index contributed by atoms with van der Waals surface area (Å²) in [4.78, 5) is 28.6. The molecule has 1 aromatic rings. The van der Waals surface area contributed by atoms with Crippen LogP contribution < -0.4 is 4.90 Å². The summed E-state index contributed by atoms with van der Waals surface area (Å²) in [5.74, 6) is 0.209. The largest absolute Gasteiger partial charge is 0.389 e. The van der Waals surface area contributed by atoms with E-state index in [4.69, 9.17) is 0 Å². The zero-order valence-corrected chi connectivity index (χ0v) is 14.0. The summed E-state index contributed by atoms with van der Waals surface area (Å²) in [5, 5.41) is 14.2. The van der Waals surface area contributed by atoms with Gasteiger partial charge in [-0.3, -0.25) is 9.59 Å². The van der Waals surface area contributed by atoms with Crippen molar-refractivity contribution in [2.24, 2.45) is 5.41 Å². The molecule has 6 heteroatoms. The van der Waals surface area contributed by atoms with Crippen LogP contribution in [0.25, 0.3) is 0 Å². The van der Waals surface area contributed by atoms with Crippen molar-refractivity contribution in [3.8, 4) is 0 Å². The average Bonchev–Trinajstić information content (AvgIpc) is 3.18. The summed E-state index contributed by atoms with van der Waals surface area (Å²) < 4.78 is 0. The van der Waals surface area contributed by atoms with Gasteiger partial charge in [-0.2, -0.15) is 11.3 Å². The molecule has 1 atom stereocenters. The third-order valence-corrected chi connectivity index (χ3v) is 6.37. The van der Waals surface area contributed by atoms with Crippen molar-refractivity contribution in [1.29, 1.82) is 0 Å². The maximum atomic E-state index is 12.5. The standard InChI is InChI=1S/C17H22N2O3S/c20-14(9-17(22)3-1-4-17)18-6-5-16(11-18)8-15(21)19(12-16)13-2-7-23-10-13/h2,7,10,22H,1,3-6,8-9,11-12H2. The molecule has 0 radical (unpaired) electrons. The van der Waals surface area contributed by atoms with Crippen molar-refractivity contribution in [3.63, 3.8) is 0 Å². The first kappa shape index (κ1) is 15.1. The molecule has 2 saturated heterocycles. The van der Waals surface area contributed by atoms with Crippen LogP contribution in [-0.2, 0) is 9.59 Å². The Bertz CT molecular complexity index is 626. The fourth-order valence-corrected chi connectivity index (χ4v) is 4.76. The van der Waals surface area contributed by atoms with Crippen molar-refractivity contribution in [1.82, 2.24) is 4.90 Å². The van der Waals surface area contributed by atoms with Crippen LogP contribution in [0, 0.1) is 5.41 Å². The highest BCUT2D eigenvalue weighted by Gasteiger charge is 2.49. The Kier molecular flexibility index (Phi) is 3.50. The van der Waals surface area contributed by atoms with Crippen molar-refractivity contribution in [3.05, 3.63) is 16.8 Å². The number of carbonyl (C=O) groups excluding carboxylic acids is 2. The van der Waals surface area contributed by atoms with Gasteiger partial charge in [0.1, 0.15) is 0 Å². The summed E-state index contributed by atoms with van der Waals surface area (Å²) in [6.07, 6.45) is 4.13. The molecule has 4 rings (SSSR count). The molecule has 1 saturated carbocycles. The second-order valence-electron chi connectivity index (χ2n) is 7.46. The number of hydrogen-bond donors (Lipinski definition) is 1. The van der Waals surface area contributed by atoms with E-state index in [-0.39, 0.29) is 23.7 Å². The predicted molar refractivity (Wildman–Crippen MR) is 88.3 cm³/mol. The minimum absolute atomic E-state index is 0.0468. The average molecular weight is 334 g/mol. The zero-order chi connectivity index (χ0) is 16.1. The molecule has 124 valence electrons. The van der Waals surface area contributed by atoms with Gasteiger partial charge in [0.25, 0.3) is 0 Å². The Labute approximate surface area is 139 Å². The molecular formula is C17H22N2O3S. The van der Waals surface area contributed by atoms with Gasteiger partial charge in [-0.15, -0.1) is 0 Å². The second kappa shape index (κ2) is 5.31. The lowest BCUT2D eigenvalue weighted by Gasteiger charge is -2.37. The van der Waals surface area contributed by atoms with Gasteiger partial charge in [-0.05, 0) is 37.1 Å². The van der Waals surface area contributed by atoms with E-state index in [1.807, 2.05) is 26.6 Å². The van der Waals surface area contributed by atoms with Crippen molar-refractivity contribution in [2.45, 2.75) is 44.1 Å². The van der Waals surface area contributed by atoms with Crippen LogP contribution in [0.4, 0.5) is 5.69 Å². The summed E-state index contributed by atoms with van der Waals surface area (Å²) in [7, 11) is 0. The maximum absolute atomic E-state index is 12.5. The van der Waals surface area contributed by atoms with Gasteiger partial charge in [0.05, 0.1) is 17.7 Å². The Balaban J connectivity index is 1.42. The quantitative estimate of drug-likeness (QED) is 0.920. The molecule has 0 aromatic carbocycles. The monoisotopic (exact) mass is 334 g/mol. The van der Waals surface area contributed by atoms with E-state index in [1.54, 1.807) is 11.3 Å². The minimum Gasteiger partial charge on any atom is -0.389 e. The normalized spacial score (nSPS) is 29.3. The molecule has 3 fully saturated rings. The number of amides is 2. The third-order valence-electron chi connectivity index (χ3n) is 5.69. The lowest BCUT2D eigenvalue weighted by Crippen LogP contribution is -2.43. The smallest absolute Gasteiger partial charge is 0.227 e. The van der Waals surface area contributed by atoms with Crippen molar-refractivity contribution >= 4 is 28.8 Å². The van der Waals surface area contributed by atoms with E-state index >= 15 is 0 Å².